The topological polar surface area (TPSA) is 50.8 Å². The number of rotatable bonds is 5. The Kier molecular flexibility index (Phi) is 4.27. The molecule has 0 radical (unpaired) electrons. The van der Waals surface area contributed by atoms with E-state index in [0.29, 0.717) is 6.54 Å². The average molecular weight is 264 g/mol. The molecule has 19 heavy (non-hydrogen) atoms. The molecule has 0 saturated carbocycles. The molecule has 0 bridgehead atoms. The molecular formula is C14H20N2O3. The summed E-state index contributed by atoms with van der Waals surface area (Å²) in [6.45, 7) is 5.31. The van der Waals surface area contributed by atoms with E-state index in [1.54, 1.807) is 11.9 Å². The van der Waals surface area contributed by atoms with Crippen molar-refractivity contribution in [1.29, 1.82) is 0 Å². The van der Waals surface area contributed by atoms with E-state index in [1.165, 1.54) is 0 Å². The summed E-state index contributed by atoms with van der Waals surface area (Å²) in [5.41, 5.74) is 1.08. The predicted octanol–water partition coefficient (Wildman–Crippen LogP) is 1.54. The van der Waals surface area contributed by atoms with Crippen LogP contribution >= 0.6 is 0 Å². The molecular weight excluding hydrogens is 244 g/mol. The van der Waals surface area contributed by atoms with Gasteiger partial charge in [-0.2, -0.15) is 0 Å². The first kappa shape index (κ1) is 13.7. The lowest BCUT2D eigenvalue weighted by atomic mass is 10.1. The average Bonchev–Trinajstić information content (AvgIpc) is 2.90. The highest BCUT2D eigenvalue weighted by Gasteiger charge is 2.16. The molecule has 1 unspecified atom stereocenters. The number of nitrogens with one attached hydrogen (secondary N) is 1. The van der Waals surface area contributed by atoms with Crippen LogP contribution in [0.3, 0.4) is 0 Å². The van der Waals surface area contributed by atoms with Crippen LogP contribution in [0.1, 0.15) is 25.5 Å². The van der Waals surface area contributed by atoms with Crippen molar-refractivity contribution in [3.8, 4) is 11.5 Å². The van der Waals surface area contributed by atoms with Crippen LogP contribution in [-0.2, 0) is 4.79 Å². The van der Waals surface area contributed by atoms with Gasteiger partial charge in [0.05, 0.1) is 6.54 Å². The van der Waals surface area contributed by atoms with Crippen LogP contribution in [0.15, 0.2) is 18.2 Å². The number of fused-ring (bicyclic) bond motifs is 1. The molecule has 0 aromatic heterocycles. The monoisotopic (exact) mass is 264 g/mol. The van der Waals surface area contributed by atoms with Crippen molar-refractivity contribution in [1.82, 2.24) is 10.2 Å². The Bertz CT molecular complexity index is 462. The second kappa shape index (κ2) is 5.93. The summed E-state index contributed by atoms with van der Waals surface area (Å²) in [6.07, 6.45) is 0. The van der Waals surface area contributed by atoms with Gasteiger partial charge in [-0.15, -0.1) is 0 Å². The lowest BCUT2D eigenvalue weighted by molar-refractivity contribution is -0.128. The lowest BCUT2D eigenvalue weighted by Gasteiger charge is -2.18. The summed E-state index contributed by atoms with van der Waals surface area (Å²) >= 11 is 0. The summed E-state index contributed by atoms with van der Waals surface area (Å²) < 4.78 is 10.6. The minimum Gasteiger partial charge on any atom is -0.454 e. The van der Waals surface area contributed by atoms with Crippen molar-refractivity contribution in [3.63, 3.8) is 0 Å². The molecule has 2 rings (SSSR count). The van der Waals surface area contributed by atoms with Gasteiger partial charge in [0.2, 0.25) is 12.7 Å². The quantitative estimate of drug-likeness (QED) is 0.876. The fraction of sp³-hybridized carbons (Fsp3) is 0.500. The second-order valence-electron chi connectivity index (χ2n) is 4.62. The summed E-state index contributed by atoms with van der Waals surface area (Å²) in [5, 5.41) is 3.22. The van der Waals surface area contributed by atoms with Gasteiger partial charge in [0.15, 0.2) is 11.5 Å². The van der Waals surface area contributed by atoms with Crippen LogP contribution in [0, 0.1) is 0 Å². The molecule has 0 fully saturated rings. The minimum absolute atomic E-state index is 0.0868. The zero-order chi connectivity index (χ0) is 13.8. The molecule has 1 aliphatic rings. The van der Waals surface area contributed by atoms with Gasteiger partial charge in [0.25, 0.3) is 0 Å². The molecule has 1 aliphatic heterocycles. The normalized spacial score (nSPS) is 14.3. The van der Waals surface area contributed by atoms with Crippen molar-refractivity contribution in [2.75, 3.05) is 26.9 Å². The summed E-state index contributed by atoms with van der Waals surface area (Å²) in [7, 11) is 1.80. The zero-order valence-electron chi connectivity index (χ0n) is 11.6. The Morgan fingerprint density at radius 1 is 1.42 bits per heavy atom. The Morgan fingerprint density at radius 3 is 2.89 bits per heavy atom. The van der Waals surface area contributed by atoms with E-state index in [9.17, 15) is 4.79 Å². The van der Waals surface area contributed by atoms with Crippen molar-refractivity contribution < 1.29 is 14.3 Å². The van der Waals surface area contributed by atoms with E-state index >= 15 is 0 Å². The van der Waals surface area contributed by atoms with E-state index in [-0.39, 0.29) is 18.7 Å². The lowest BCUT2D eigenvalue weighted by Crippen LogP contribution is -2.36. The van der Waals surface area contributed by atoms with Crippen molar-refractivity contribution in [3.05, 3.63) is 23.8 Å². The first-order chi connectivity index (χ1) is 9.11. The molecule has 1 atom stereocenters. The van der Waals surface area contributed by atoms with E-state index in [0.717, 1.165) is 23.6 Å². The highest BCUT2D eigenvalue weighted by atomic mass is 16.7. The number of ether oxygens (including phenoxy) is 2. The zero-order valence-corrected chi connectivity index (χ0v) is 11.6. The van der Waals surface area contributed by atoms with Crippen LogP contribution in [0.25, 0.3) is 0 Å². The molecule has 5 nitrogen and oxygen atoms in total. The van der Waals surface area contributed by atoms with E-state index in [2.05, 4.69) is 5.32 Å². The standard InChI is InChI=1S/C14H20N2O3/c1-4-16(3)14(17)8-15-10(2)11-5-6-12-13(7-11)19-9-18-12/h5-7,10,15H,4,8-9H2,1-3H3. The van der Waals surface area contributed by atoms with E-state index in [1.807, 2.05) is 32.0 Å². The van der Waals surface area contributed by atoms with Gasteiger partial charge in [0, 0.05) is 19.6 Å². The van der Waals surface area contributed by atoms with Gasteiger partial charge in [-0.3, -0.25) is 4.79 Å². The molecule has 1 amide bonds. The number of amides is 1. The number of benzene rings is 1. The van der Waals surface area contributed by atoms with Gasteiger partial charge < -0.3 is 19.7 Å². The van der Waals surface area contributed by atoms with E-state index in [4.69, 9.17) is 9.47 Å². The SMILES string of the molecule is CCN(C)C(=O)CNC(C)c1ccc2c(c1)OCO2. The van der Waals surface area contributed by atoms with Gasteiger partial charge >= 0.3 is 0 Å². The van der Waals surface area contributed by atoms with Crippen molar-refractivity contribution in [2.24, 2.45) is 0 Å². The van der Waals surface area contributed by atoms with Gasteiger partial charge in [-0.05, 0) is 31.5 Å². The molecule has 1 heterocycles. The summed E-state index contributed by atoms with van der Waals surface area (Å²) in [5.74, 6) is 1.64. The third-order valence-corrected chi connectivity index (χ3v) is 3.36. The van der Waals surface area contributed by atoms with Gasteiger partial charge in [-0.25, -0.2) is 0 Å². The fourth-order valence-corrected chi connectivity index (χ4v) is 1.85. The number of nitrogens with zero attached hydrogens (tertiary/aromatic N) is 1. The highest BCUT2D eigenvalue weighted by Crippen LogP contribution is 2.33. The number of carbonyl (C=O) groups is 1. The summed E-state index contributed by atoms with van der Waals surface area (Å²) in [6, 6.07) is 5.92. The Hall–Kier alpha value is -1.75. The Morgan fingerprint density at radius 2 is 2.16 bits per heavy atom. The van der Waals surface area contributed by atoms with E-state index < -0.39 is 0 Å². The molecule has 1 aromatic rings. The first-order valence-corrected chi connectivity index (χ1v) is 6.48. The molecule has 0 aliphatic carbocycles. The minimum atomic E-state index is 0.0868. The molecule has 0 spiro atoms. The van der Waals surface area contributed by atoms with Gasteiger partial charge in [-0.1, -0.05) is 6.07 Å². The van der Waals surface area contributed by atoms with Gasteiger partial charge in [0.1, 0.15) is 0 Å². The van der Waals surface area contributed by atoms with Crippen molar-refractivity contribution in [2.45, 2.75) is 19.9 Å². The maximum Gasteiger partial charge on any atom is 0.236 e. The smallest absolute Gasteiger partial charge is 0.236 e. The number of carbonyl (C=O) groups excluding carboxylic acids is 1. The first-order valence-electron chi connectivity index (χ1n) is 6.48. The third-order valence-electron chi connectivity index (χ3n) is 3.36. The molecule has 1 N–H and O–H groups in total. The Balaban J connectivity index is 1.93. The maximum absolute atomic E-state index is 11.7. The summed E-state index contributed by atoms with van der Waals surface area (Å²) in [4.78, 5) is 13.4. The number of hydrogen-bond acceptors (Lipinski definition) is 4. The molecule has 1 aromatic carbocycles. The third kappa shape index (κ3) is 3.17. The number of hydrogen-bond donors (Lipinski definition) is 1. The van der Waals surface area contributed by atoms with Crippen molar-refractivity contribution >= 4 is 5.91 Å². The molecule has 104 valence electrons. The number of likely N-dealkylation sites (N-methyl/N-ethyl adjacent to an activating group) is 1. The molecule has 0 saturated heterocycles. The largest absolute Gasteiger partial charge is 0.454 e. The predicted molar refractivity (Wildman–Crippen MR) is 72.3 cm³/mol. The van der Waals surface area contributed by atoms with Crippen LogP contribution in [-0.4, -0.2) is 37.7 Å². The van der Waals surface area contributed by atoms with Crippen LogP contribution in [0.4, 0.5) is 0 Å². The fourth-order valence-electron chi connectivity index (χ4n) is 1.85. The molecule has 5 heteroatoms. The Labute approximate surface area is 113 Å². The second-order valence-corrected chi connectivity index (χ2v) is 4.62. The van der Waals surface area contributed by atoms with Crippen LogP contribution in [0.5, 0.6) is 11.5 Å². The van der Waals surface area contributed by atoms with Crippen LogP contribution < -0.4 is 14.8 Å². The highest BCUT2D eigenvalue weighted by molar-refractivity contribution is 5.77. The maximum atomic E-state index is 11.7. The van der Waals surface area contributed by atoms with Crippen LogP contribution in [0.2, 0.25) is 0 Å².